The Hall–Kier alpha value is -3.16. The predicted molar refractivity (Wildman–Crippen MR) is 94.8 cm³/mol. The van der Waals surface area contributed by atoms with Crippen LogP contribution in [0.15, 0.2) is 36.8 Å². The van der Waals surface area contributed by atoms with Gasteiger partial charge in [0.1, 0.15) is 16.9 Å². The van der Waals surface area contributed by atoms with Crippen molar-refractivity contribution in [2.75, 3.05) is 11.9 Å². The Bertz CT molecular complexity index is 1060. The third-order valence-corrected chi connectivity index (χ3v) is 4.08. The van der Waals surface area contributed by atoms with Gasteiger partial charge in [-0.2, -0.15) is 5.10 Å². The molecule has 3 aromatic rings. The number of fused-ring (bicyclic) bond motifs is 2. The van der Waals surface area contributed by atoms with Crippen molar-refractivity contribution in [3.05, 3.63) is 59.4 Å². The molecule has 0 atom stereocenters. The maximum atomic E-state index is 13.8. The summed E-state index contributed by atoms with van der Waals surface area (Å²) in [6.45, 7) is 2.98. The topological polar surface area (TPSA) is 79.0 Å². The molecule has 0 saturated heterocycles. The molecule has 0 saturated carbocycles. The molecule has 132 valence electrons. The van der Waals surface area contributed by atoms with Crippen molar-refractivity contribution in [2.45, 2.75) is 19.5 Å². The van der Waals surface area contributed by atoms with E-state index in [0.717, 1.165) is 17.3 Å². The SMILES string of the molecule is CC(C)(F)CNc1ncc2c(n1)C(=N)C=C2c1ccn2ncc(F)c2c1. The predicted octanol–water partition coefficient (Wildman–Crippen LogP) is 3.24. The highest BCUT2D eigenvalue weighted by atomic mass is 19.1. The molecule has 0 unspecified atom stereocenters. The molecule has 0 spiro atoms. The van der Waals surface area contributed by atoms with E-state index >= 15 is 0 Å². The molecular formula is C18H16F2N6. The van der Waals surface area contributed by atoms with Crippen molar-refractivity contribution >= 4 is 22.7 Å². The number of nitrogens with zero attached hydrogens (tertiary/aromatic N) is 4. The van der Waals surface area contributed by atoms with Gasteiger partial charge in [-0.3, -0.25) is 5.41 Å². The fraction of sp³-hybridized carbons (Fsp3) is 0.222. The van der Waals surface area contributed by atoms with Gasteiger partial charge in [-0.15, -0.1) is 0 Å². The molecule has 1 aliphatic rings. The van der Waals surface area contributed by atoms with Gasteiger partial charge < -0.3 is 5.32 Å². The number of hydrogen-bond donors (Lipinski definition) is 2. The molecule has 0 aromatic carbocycles. The van der Waals surface area contributed by atoms with E-state index in [1.165, 1.54) is 18.4 Å². The first-order valence-corrected chi connectivity index (χ1v) is 8.06. The summed E-state index contributed by atoms with van der Waals surface area (Å²) >= 11 is 0. The largest absolute Gasteiger partial charge is 0.351 e. The number of aromatic nitrogens is 4. The molecule has 0 radical (unpaired) electrons. The second-order valence-electron chi connectivity index (χ2n) is 6.74. The van der Waals surface area contributed by atoms with E-state index in [4.69, 9.17) is 5.41 Å². The van der Waals surface area contributed by atoms with Crippen molar-refractivity contribution in [1.29, 1.82) is 5.41 Å². The van der Waals surface area contributed by atoms with Crippen LogP contribution in [-0.2, 0) is 0 Å². The maximum Gasteiger partial charge on any atom is 0.223 e. The second-order valence-corrected chi connectivity index (χ2v) is 6.74. The molecule has 0 amide bonds. The van der Waals surface area contributed by atoms with Crippen LogP contribution in [0.2, 0.25) is 0 Å². The molecule has 3 heterocycles. The summed E-state index contributed by atoms with van der Waals surface area (Å²) in [5.74, 6) is -0.142. The highest BCUT2D eigenvalue weighted by Crippen LogP contribution is 2.32. The lowest BCUT2D eigenvalue weighted by Gasteiger charge is -2.15. The minimum Gasteiger partial charge on any atom is -0.351 e. The number of hydrogen-bond acceptors (Lipinski definition) is 5. The average molecular weight is 354 g/mol. The summed E-state index contributed by atoms with van der Waals surface area (Å²) in [6.07, 6.45) is 6.09. The van der Waals surface area contributed by atoms with Gasteiger partial charge in [0.2, 0.25) is 5.95 Å². The van der Waals surface area contributed by atoms with Gasteiger partial charge in [0, 0.05) is 18.0 Å². The lowest BCUT2D eigenvalue weighted by atomic mass is 10.0. The van der Waals surface area contributed by atoms with E-state index in [1.54, 1.807) is 30.6 Å². The Morgan fingerprint density at radius 1 is 1.31 bits per heavy atom. The number of rotatable bonds is 4. The van der Waals surface area contributed by atoms with E-state index in [1.807, 2.05) is 0 Å². The zero-order chi connectivity index (χ0) is 18.5. The summed E-state index contributed by atoms with van der Waals surface area (Å²) in [5, 5.41) is 14.9. The zero-order valence-corrected chi connectivity index (χ0v) is 14.2. The van der Waals surface area contributed by atoms with Crippen molar-refractivity contribution in [3.8, 4) is 0 Å². The summed E-state index contributed by atoms with van der Waals surface area (Å²) in [7, 11) is 0. The van der Waals surface area contributed by atoms with E-state index in [2.05, 4.69) is 20.4 Å². The number of pyridine rings is 1. The molecule has 0 bridgehead atoms. The highest BCUT2D eigenvalue weighted by Gasteiger charge is 2.24. The van der Waals surface area contributed by atoms with Crippen LogP contribution in [0, 0.1) is 11.2 Å². The summed E-state index contributed by atoms with van der Waals surface area (Å²) in [6, 6.07) is 3.47. The lowest BCUT2D eigenvalue weighted by Crippen LogP contribution is -2.25. The molecule has 3 aromatic heterocycles. The minimum atomic E-state index is -1.40. The van der Waals surface area contributed by atoms with Gasteiger partial charge in [0.05, 0.1) is 18.5 Å². The van der Waals surface area contributed by atoms with E-state index in [9.17, 15) is 8.78 Å². The van der Waals surface area contributed by atoms with Crippen LogP contribution in [-0.4, -0.2) is 37.5 Å². The molecule has 4 rings (SSSR count). The Morgan fingerprint density at radius 3 is 2.88 bits per heavy atom. The van der Waals surface area contributed by atoms with E-state index in [-0.39, 0.29) is 18.2 Å². The highest BCUT2D eigenvalue weighted by molar-refractivity contribution is 6.19. The number of allylic oxidation sites excluding steroid dienone is 1. The molecule has 8 heteroatoms. The summed E-state index contributed by atoms with van der Waals surface area (Å²) < 4.78 is 28.9. The van der Waals surface area contributed by atoms with Gasteiger partial charge in [-0.25, -0.2) is 23.3 Å². The first-order chi connectivity index (χ1) is 12.3. The molecule has 2 N–H and O–H groups in total. The van der Waals surface area contributed by atoms with Crippen LogP contribution in [0.25, 0.3) is 11.1 Å². The van der Waals surface area contributed by atoms with Crippen LogP contribution in [0.5, 0.6) is 0 Å². The van der Waals surface area contributed by atoms with Gasteiger partial charge in [0.25, 0.3) is 0 Å². The number of anilines is 1. The number of alkyl halides is 1. The summed E-state index contributed by atoms with van der Waals surface area (Å²) in [4.78, 5) is 8.54. The minimum absolute atomic E-state index is 0.0660. The van der Waals surface area contributed by atoms with Gasteiger partial charge in [-0.05, 0) is 43.2 Å². The third kappa shape index (κ3) is 2.83. The van der Waals surface area contributed by atoms with E-state index < -0.39 is 11.5 Å². The summed E-state index contributed by atoms with van der Waals surface area (Å²) in [5.41, 5.74) is 1.82. The fourth-order valence-corrected chi connectivity index (χ4v) is 2.81. The van der Waals surface area contributed by atoms with Crippen molar-refractivity contribution < 1.29 is 8.78 Å². The standard InChI is InChI=1S/C18H16F2N6/c1-18(2,20)9-23-17-22-7-12-11(6-14(21)16(12)25-17)10-3-4-26-15(5-10)13(19)8-24-26/h3-8,21H,9H2,1-2H3,(H,22,23,25). The maximum absolute atomic E-state index is 13.8. The first-order valence-electron chi connectivity index (χ1n) is 8.06. The van der Waals surface area contributed by atoms with E-state index in [0.29, 0.717) is 16.8 Å². The van der Waals surface area contributed by atoms with Crippen molar-refractivity contribution in [3.63, 3.8) is 0 Å². The Labute approximate surface area is 148 Å². The average Bonchev–Trinajstić information content (AvgIpc) is 3.13. The third-order valence-electron chi connectivity index (χ3n) is 4.08. The quantitative estimate of drug-likeness (QED) is 0.754. The van der Waals surface area contributed by atoms with Gasteiger partial charge in [-0.1, -0.05) is 0 Å². The van der Waals surface area contributed by atoms with Gasteiger partial charge in [0.15, 0.2) is 5.82 Å². The van der Waals surface area contributed by atoms with Crippen molar-refractivity contribution in [1.82, 2.24) is 19.6 Å². The molecule has 26 heavy (non-hydrogen) atoms. The van der Waals surface area contributed by atoms with Gasteiger partial charge >= 0.3 is 0 Å². The Morgan fingerprint density at radius 2 is 2.12 bits per heavy atom. The van der Waals surface area contributed by atoms with Crippen LogP contribution in [0.3, 0.4) is 0 Å². The Balaban J connectivity index is 1.69. The monoisotopic (exact) mass is 354 g/mol. The fourth-order valence-electron chi connectivity index (χ4n) is 2.81. The smallest absolute Gasteiger partial charge is 0.223 e. The molecule has 6 nitrogen and oxygen atoms in total. The lowest BCUT2D eigenvalue weighted by molar-refractivity contribution is 0.234. The molecular weight excluding hydrogens is 338 g/mol. The molecule has 0 fully saturated rings. The molecule has 1 aliphatic carbocycles. The van der Waals surface area contributed by atoms with Crippen LogP contribution in [0.1, 0.15) is 30.7 Å². The van der Waals surface area contributed by atoms with Crippen LogP contribution >= 0.6 is 0 Å². The number of nitrogens with one attached hydrogen (secondary N) is 2. The first kappa shape index (κ1) is 16.3. The second kappa shape index (κ2) is 5.69. The van der Waals surface area contributed by atoms with Crippen LogP contribution in [0.4, 0.5) is 14.7 Å². The Kier molecular flexibility index (Phi) is 3.57. The normalized spacial score (nSPS) is 13.8. The van der Waals surface area contributed by atoms with Crippen molar-refractivity contribution in [2.24, 2.45) is 0 Å². The number of halogens is 2. The zero-order valence-electron chi connectivity index (χ0n) is 14.2. The van der Waals surface area contributed by atoms with Crippen LogP contribution < -0.4 is 5.32 Å². The molecule has 0 aliphatic heterocycles.